The van der Waals surface area contributed by atoms with Crippen LogP contribution in [0.5, 0.6) is 0 Å². The molecule has 2 rings (SSSR count). The number of aromatic nitrogens is 3. The second-order valence-electron chi connectivity index (χ2n) is 3.45. The van der Waals surface area contributed by atoms with Gasteiger partial charge in [-0.1, -0.05) is 0 Å². The second-order valence-corrected chi connectivity index (χ2v) is 3.45. The Morgan fingerprint density at radius 2 is 2.57 bits per heavy atom. The van der Waals surface area contributed by atoms with Crippen molar-refractivity contribution in [1.82, 2.24) is 14.8 Å². The third-order valence-corrected chi connectivity index (χ3v) is 2.41. The van der Waals surface area contributed by atoms with Crippen LogP contribution in [0.4, 0.5) is 11.9 Å². The number of hydrogen-bond acceptors (Lipinski definition) is 5. The molecule has 1 aromatic rings. The third kappa shape index (κ3) is 1.65. The fourth-order valence-electron chi connectivity index (χ4n) is 1.63. The normalized spacial score (nSPS) is 20.0. The van der Waals surface area contributed by atoms with Gasteiger partial charge in [-0.2, -0.15) is 4.98 Å². The zero-order chi connectivity index (χ0) is 9.97. The molecule has 0 fully saturated rings. The molecule has 6 heteroatoms. The van der Waals surface area contributed by atoms with Crippen LogP contribution in [-0.4, -0.2) is 40.1 Å². The summed E-state index contributed by atoms with van der Waals surface area (Å²) in [4.78, 5) is 4.23. The van der Waals surface area contributed by atoms with E-state index in [4.69, 9.17) is 5.11 Å². The summed E-state index contributed by atoms with van der Waals surface area (Å²) >= 11 is 0. The van der Waals surface area contributed by atoms with Crippen molar-refractivity contribution in [2.45, 2.75) is 13.0 Å². The van der Waals surface area contributed by atoms with Crippen LogP contribution in [0.15, 0.2) is 0 Å². The number of nitrogens with one attached hydrogen (secondary N) is 2. The summed E-state index contributed by atoms with van der Waals surface area (Å²) < 4.78 is 1.84. The maximum atomic E-state index is 8.83. The Bertz CT molecular complexity index is 311. The van der Waals surface area contributed by atoms with E-state index < -0.39 is 0 Å². The van der Waals surface area contributed by atoms with Gasteiger partial charge in [-0.25, -0.2) is 4.68 Å². The van der Waals surface area contributed by atoms with Gasteiger partial charge >= 0.3 is 0 Å². The van der Waals surface area contributed by atoms with E-state index in [0.29, 0.717) is 11.9 Å². The molecule has 1 aliphatic heterocycles. The fraction of sp³-hybridized carbons (Fsp3) is 0.750. The number of rotatable bonds is 3. The van der Waals surface area contributed by atoms with Crippen molar-refractivity contribution in [2.24, 2.45) is 5.92 Å². The minimum atomic E-state index is 0.231. The highest BCUT2D eigenvalue weighted by Crippen LogP contribution is 2.18. The average molecular weight is 197 g/mol. The maximum absolute atomic E-state index is 8.83. The van der Waals surface area contributed by atoms with Gasteiger partial charge in [0, 0.05) is 26.7 Å². The zero-order valence-corrected chi connectivity index (χ0v) is 8.19. The first kappa shape index (κ1) is 9.26. The molecule has 0 saturated carbocycles. The standard InChI is InChI=1S/C8H15N5O/c1-9-7-11-8-10-4-6(2-3-14)5-13(8)12-7/h6,14H,2-5H2,1H3,(H2,9,10,11,12). The average Bonchev–Trinajstić information content (AvgIpc) is 2.60. The first-order valence-electron chi connectivity index (χ1n) is 4.81. The van der Waals surface area contributed by atoms with E-state index in [1.165, 1.54) is 0 Å². The molecule has 2 heterocycles. The SMILES string of the molecule is CNc1nc2n(n1)CC(CCO)CN2. The summed E-state index contributed by atoms with van der Waals surface area (Å²) in [7, 11) is 1.80. The highest BCUT2D eigenvalue weighted by atomic mass is 16.3. The van der Waals surface area contributed by atoms with Gasteiger partial charge in [0.15, 0.2) is 0 Å². The summed E-state index contributed by atoms with van der Waals surface area (Å²) in [6, 6.07) is 0. The van der Waals surface area contributed by atoms with Gasteiger partial charge in [-0.3, -0.25) is 0 Å². The van der Waals surface area contributed by atoms with Gasteiger partial charge in [0.05, 0.1) is 0 Å². The van der Waals surface area contributed by atoms with E-state index >= 15 is 0 Å². The van der Waals surface area contributed by atoms with Gasteiger partial charge in [0.2, 0.25) is 11.9 Å². The predicted molar refractivity (Wildman–Crippen MR) is 53.3 cm³/mol. The van der Waals surface area contributed by atoms with Crippen LogP contribution in [0.1, 0.15) is 6.42 Å². The van der Waals surface area contributed by atoms with Crippen LogP contribution in [-0.2, 0) is 6.54 Å². The minimum Gasteiger partial charge on any atom is -0.396 e. The molecular weight excluding hydrogens is 182 g/mol. The lowest BCUT2D eigenvalue weighted by Gasteiger charge is -2.22. The first-order valence-corrected chi connectivity index (χ1v) is 4.81. The fourth-order valence-corrected chi connectivity index (χ4v) is 1.63. The Morgan fingerprint density at radius 3 is 3.29 bits per heavy atom. The Morgan fingerprint density at radius 1 is 1.71 bits per heavy atom. The monoisotopic (exact) mass is 197 g/mol. The van der Waals surface area contributed by atoms with Crippen LogP contribution in [0.2, 0.25) is 0 Å². The van der Waals surface area contributed by atoms with Crippen molar-refractivity contribution in [3.8, 4) is 0 Å². The molecule has 1 atom stereocenters. The Kier molecular flexibility index (Phi) is 2.53. The second kappa shape index (κ2) is 3.83. The van der Waals surface area contributed by atoms with Crippen LogP contribution in [0, 0.1) is 5.92 Å². The Balaban J connectivity index is 2.09. The Hall–Kier alpha value is -1.30. The summed E-state index contributed by atoms with van der Waals surface area (Å²) in [5.74, 6) is 1.89. The van der Waals surface area contributed by atoms with E-state index in [9.17, 15) is 0 Å². The molecule has 0 radical (unpaired) electrons. The molecule has 0 aliphatic carbocycles. The van der Waals surface area contributed by atoms with E-state index in [1.807, 2.05) is 4.68 Å². The largest absolute Gasteiger partial charge is 0.396 e. The molecular formula is C8H15N5O. The molecule has 0 spiro atoms. The van der Waals surface area contributed by atoms with E-state index in [0.717, 1.165) is 25.5 Å². The molecule has 14 heavy (non-hydrogen) atoms. The van der Waals surface area contributed by atoms with Crippen molar-refractivity contribution < 1.29 is 5.11 Å². The molecule has 1 unspecified atom stereocenters. The third-order valence-electron chi connectivity index (χ3n) is 2.41. The van der Waals surface area contributed by atoms with Gasteiger partial charge in [0.1, 0.15) is 0 Å². The minimum absolute atomic E-state index is 0.231. The van der Waals surface area contributed by atoms with Gasteiger partial charge in [-0.05, 0) is 12.3 Å². The van der Waals surface area contributed by atoms with E-state index in [-0.39, 0.29) is 6.61 Å². The Labute approximate surface area is 82.3 Å². The number of nitrogens with zero attached hydrogens (tertiary/aromatic N) is 3. The van der Waals surface area contributed by atoms with Crippen molar-refractivity contribution >= 4 is 11.9 Å². The highest BCUT2D eigenvalue weighted by molar-refractivity contribution is 5.35. The number of aliphatic hydroxyl groups excluding tert-OH is 1. The molecule has 0 bridgehead atoms. The van der Waals surface area contributed by atoms with Gasteiger partial charge in [-0.15, -0.1) is 5.10 Å². The van der Waals surface area contributed by atoms with Crippen molar-refractivity contribution in [2.75, 3.05) is 30.8 Å². The van der Waals surface area contributed by atoms with Crippen molar-refractivity contribution in [3.05, 3.63) is 0 Å². The lowest BCUT2D eigenvalue weighted by molar-refractivity contribution is 0.244. The smallest absolute Gasteiger partial charge is 0.243 e. The quantitative estimate of drug-likeness (QED) is 0.622. The van der Waals surface area contributed by atoms with Crippen molar-refractivity contribution in [1.29, 1.82) is 0 Å². The number of hydrogen-bond donors (Lipinski definition) is 3. The lowest BCUT2D eigenvalue weighted by atomic mass is 10.1. The molecule has 6 nitrogen and oxygen atoms in total. The summed E-state index contributed by atoms with van der Waals surface area (Å²) in [6.07, 6.45) is 0.807. The number of fused-ring (bicyclic) bond motifs is 1. The van der Waals surface area contributed by atoms with E-state index in [1.54, 1.807) is 7.05 Å². The molecule has 0 amide bonds. The molecule has 78 valence electrons. The van der Waals surface area contributed by atoms with Gasteiger partial charge < -0.3 is 15.7 Å². The highest BCUT2D eigenvalue weighted by Gasteiger charge is 2.20. The molecule has 1 aromatic heterocycles. The molecule has 3 N–H and O–H groups in total. The number of aliphatic hydroxyl groups is 1. The van der Waals surface area contributed by atoms with Gasteiger partial charge in [0.25, 0.3) is 0 Å². The molecule has 0 saturated heterocycles. The maximum Gasteiger partial charge on any atom is 0.243 e. The summed E-state index contributed by atoms with van der Waals surface area (Å²) in [5.41, 5.74) is 0. The van der Waals surface area contributed by atoms with Crippen LogP contribution < -0.4 is 10.6 Å². The zero-order valence-electron chi connectivity index (χ0n) is 8.19. The first-order chi connectivity index (χ1) is 6.83. The van der Waals surface area contributed by atoms with Crippen LogP contribution in [0.25, 0.3) is 0 Å². The topological polar surface area (TPSA) is 75.0 Å². The number of anilines is 2. The van der Waals surface area contributed by atoms with Crippen LogP contribution >= 0.6 is 0 Å². The summed E-state index contributed by atoms with van der Waals surface area (Å²) in [6.45, 7) is 1.93. The summed E-state index contributed by atoms with van der Waals surface area (Å²) in [5, 5.41) is 19.2. The molecule has 1 aliphatic rings. The van der Waals surface area contributed by atoms with Crippen molar-refractivity contribution in [3.63, 3.8) is 0 Å². The van der Waals surface area contributed by atoms with E-state index in [2.05, 4.69) is 20.7 Å². The lowest BCUT2D eigenvalue weighted by Crippen LogP contribution is -2.28. The predicted octanol–water partition coefficient (Wildman–Crippen LogP) is -0.256. The van der Waals surface area contributed by atoms with Crippen LogP contribution in [0.3, 0.4) is 0 Å². The molecule has 0 aromatic carbocycles.